The molecule has 0 saturated heterocycles. The molecule has 1 nitrogen and oxygen atoms in total. The minimum atomic E-state index is 0. The molecule has 0 fully saturated rings. The average Bonchev–Trinajstić information content (AvgIpc) is 2.29. The SMILES string of the molecule is CCCCCCCCCCCCCCC(C)(C)Cl.N. The van der Waals surface area contributed by atoms with Gasteiger partial charge in [0.2, 0.25) is 0 Å². The van der Waals surface area contributed by atoms with Gasteiger partial charge in [-0.2, -0.15) is 0 Å². The number of alkyl halides is 1. The predicted molar refractivity (Wildman–Crippen MR) is 90.6 cm³/mol. The van der Waals surface area contributed by atoms with Crippen LogP contribution in [0, 0.1) is 0 Å². The first kappa shape index (κ1) is 21.5. The zero-order valence-electron chi connectivity index (χ0n) is 13.8. The van der Waals surface area contributed by atoms with Gasteiger partial charge in [0.05, 0.1) is 0 Å². The Morgan fingerprint density at radius 3 is 1.26 bits per heavy atom. The molecule has 0 aromatic heterocycles. The highest BCUT2D eigenvalue weighted by atomic mass is 35.5. The molecule has 0 amide bonds. The summed E-state index contributed by atoms with van der Waals surface area (Å²) in [6.07, 6.45) is 18.2. The third-order valence-corrected chi connectivity index (χ3v) is 3.81. The van der Waals surface area contributed by atoms with Crippen molar-refractivity contribution in [1.82, 2.24) is 6.15 Å². The quantitative estimate of drug-likeness (QED) is 0.281. The fourth-order valence-corrected chi connectivity index (χ4v) is 2.52. The number of rotatable bonds is 13. The van der Waals surface area contributed by atoms with Gasteiger partial charge in [0.15, 0.2) is 0 Å². The Morgan fingerprint density at radius 2 is 0.947 bits per heavy atom. The molecule has 2 heteroatoms. The summed E-state index contributed by atoms with van der Waals surface area (Å²) < 4.78 is 0. The van der Waals surface area contributed by atoms with Crippen LogP contribution in [0.4, 0.5) is 0 Å². The van der Waals surface area contributed by atoms with E-state index in [1.165, 1.54) is 77.0 Å². The van der Waals surface area contributed by atoms with Gasteiger partial charge in [-0.3, -0.25) is 0 Å². The first-order valence-electron chi connectivity index (χ1n) is 8.25. The van der Waals surface area contributed by atoms with E-state index < -0.39 is 0 Å². The number of hydrogen-bond acceptors (Lipinski definition) is 1. The molecule has 0 aliphatic heterocycles. The molecule has 0 aromatic carbocycles. The molecule has 3 N–H and O–H groups in total. The highest BCUT2D eigenvalue weighted by Crippen LogP contribution is 2.21. The van der Waals surface area contributed by atoms with Crippen molar-refractivity contribution in [1.29, 1.82) is 0 Å². The lowest BCUT2D eigenvalue weighted by atomic mass is 10.0. The third kappa shape index (κ3) is 20.7. The molecule has 0 spiro atoms. The summed E-state index contributed by atoms with van der Waals surface area (Å²) >= 11 is 6.17. The van der Waals surface area contributed by atoms with E-state index in [9.17, 15) is 0 Å². The van der Waals surface area contributed by atoms with Gasteiger partial charge in [-0.1, -0.05) is 84.0 Å². The van der Waals surface area contributed by atoms with E-state index in [0.29, 0.717) is 0 Å². The number of halogens is 1. The standard InChI is InChI=1S/C17H35Cl.H3N/c1-4-5-6-7-8-9-10-11-12-13-14-15-16-17(2,3)18;/h4-16H2,1-3H3;1H3. The van der Waals surface area contributed by atoms with E-state index >= 15 is 0 Å². The summed E-state index contributed by atoms with van der Waals surface area (Å²) in [5.74, 6) is 0. The Labute approximate surface area is 127 Å². The van der Waals surface area contributed by atoms with Crippen LogP contribution < -0.4 is 6.15 Å². The fraction of sp³-hybridized carbons (Fsp3) is 1.00. The highest BCUT2D eigenvalue weighted by molar-refractivity contribution is 6.23. The topological polar surface area (TPSA) is 35.0 Å². The van der Waals surface area contributed by atoms with E-state index in [1.54, 1.807) is 0 Å². The first-order valence-corrected chi connectivity index (χ1v) is 8.63. The third-order valence-electron chi connectivity index (χ3n) is 3.62. The second-order valence-corrected chi connectivity index (χ2v) is 7.38. The van der Waals surface area contributed by atoms with E-state index in [4.69, 9.17) is 11.6 Å². The van der Waals surface area contributed by atoms with E-state index in [2.05, 4.69) is 20.8 Å². The maximum Gasteiger partial charge on any atom is 0.0390 e. The van der Waals surface area contributed by atoms with Crippen molar-refractivity contribution in [2.45, 2.75) is 109 Å². The molecular formula is C17H38ClN. The smallest absolute Gasteiger partial charge is 0.0390 e. The van der Waals surface area contributed by atoms with Crippen LogP contribution >= 0.6 is 11.6 Å². The van der Waals surface area contributed by atoms with Gasteiger partial charge >= 0.3 is 0 Å². The summed E-state index contributed by atoms with van der Waals surface area (Å²) in [7, 11) is 0. The number of unbranched alkanes of at least 4 members (excludes halogenated alkanes) is 11. The first-order chi connectivity index (χ1) is 8.56. The monoisotopic (exact) mass is 291 g/mol. The average molecular weight is 292 g/mol. The minimum Gasteiger partial charge on any atom is -0.344 e. The Hall–Kier alpha value is 0.250. The van der Waals surface area contributed by atoms with Crippen molar-refractivity contribution in [3.63, 3.8) is 0 Å². The molecule has 118 valence electrons. The van der Waals surface area contributed by atoms with Crippen molar-refractivity contribution < 1.29 is 0 Å². The van der Waals surface area contributed by atoms with Gasteiger partial charge in [-0.25, -0.2) is 0 Å². The van der Waals surface area contributed by atoms with Crippen molar-refractivity contribution in [3.8, 4) is 0 Å². The van der Waals surface area contributed by atoms with Gasteiger partial charge in [-0.15, -0.1) is 11.6 Å². The second kappa shape index (κ2) is 14.7. The molecule has 0 radical (unpaired) electrons. The van der Waals surface area contributed by atoms with Crippen molar-refractivity contribution in [3.05, 3.63) is 0 Å². The molecule has 0 saturated carbocycles. The van der Waals surface area contributed by atoms with Gasteiger partial charge in [-0.05, 0) is 20.3 Å². The lowest BCUT2D eigenvalue weighted by Crippen LogP contribution is -2.08. The maximum atomic E-state index is 6.17. The van der Waals surface area contributed by atoms with Gasteiger partial charge in [0, 0.05) is 4.87 Å². The summed E-state index contributed by atoms with van der Waals surface area (Å²) in [6.45, 7) is 6.52. The minimum absolute atomic E-state index is 0. The second-order valence-electron chi connectivity index (χ2n) is 6.36. The molecule has 0 unspecified atom stereocenters. The molecule has 19 heavy (non-hydrogen) atoms. The lowest BCUT2D eigenvalue weighted by Gasteiger charge is -2.14. The van der Waals surface area contributed by atoms with Crippen molar-refractivity contribution >= 4 is 11.6 Å². The predicted octanol–water partition coefficient (Wildman–Crippen LogP) is 7.26. The Balaban J connectivity index is 0. The van der Waals surface area contributed by atoms with Crippen LogP contribution in [0.15, 0.2) is 0 Å². The van der Waals surface area contributed by atoms with Gasteiger partial charge < -0.3 is 6.15 Å². The Bertz CT molecular complexity index is 163. The Morgan fingerprint density at radius 1 is 0.632 bits per heavy atom. The van der Waals surface area contributed by atoms with Crippen molar-refractivity contribution in [2.75, 3.05) is 0 Å². The molecular weight excluding hydrogens is 254 g/mol. The van der Waals surface area contributed by atoms with Crippen LogP contribution in [0.1, 0.15) is 104 Å². The molecule has 0 aliphatic carbocycles. The van der Waals surface area contributed by atoms with E-state index in [-0.39, 0.29) is 11.0 Å². The summed E-state index contributed by atoms with van der Waals surface area (Å²) in [6, 6.07) is 0. The van der Waals surface area contributed by atoms with Crippen LogP contribution in [0.3, 0.4) is 0 Å². The van der Waals surface area contributed by atoms with E-state index in [1.807, 2.05) is 0 Å². The van der Waals surface area contributed by atoms with Gasteiger partial charge in [0.1, 0.15) is 0 Å². The normalized spacial score (nSPS) is 11.4. The molecule has 0 atom stereocenters. The van der Waals surface area contributed by atoms with E-state index in [0.717, 1.165) is 6.42 Å². The highest BCUT2D eigenvalue weighted by Gasteiger charge is 2.11. The summed E-state index contributed by atoms with van der Waals surface area (Å²) in [5.41, 5.74) is 0. The molecule has 0 aromatic rings. The number of hydrogen-bond donors (Lipinski definition) is 1. The van der Waals surface area contributed by atoms with Gasteiger partial charge in [0.25, 0.3) is 0 Å². The van der Waals surface area contributed by atoms with Crippen molar-refractivity contribution in [2.24, 2.45) is 0 Å². The fourth-order valence-electron chi connectivity index (χ4n) is 2.39. The summed E-state index contributed by atoms with van der Waals surface area (Å²) in [5, 5.41) is 0. The zero-order chi connectivity index (χ0) is 13.7. The lowest BCUT2D eigenvalue weighted by molar-refractivity contribution is 0.518. The van der Waals surface area contributed by atoms with Crippen LogP contribution in [0.2, 0.25) is 0 Å². The zero-order valence-corrected chi connectivity index (χ0v) is 14.5. The maximum absolute atomic E-state index is 6.17. The van der Waals surface area contributed by atoms with Crippen LogP contribution in [-0.4, -0.2) is 4.87 Å². The van der Waals surface area contributed by atoms with Crippen LogP contribution in [-0.2, 0) is 0 Å². The van der Waals surface area contributed by atoms with Crippen LogP contribution in [0.5, 0.6) is 0 Å². The molecule has 0 heterocycles. The molecule has 0 rings (SSSR count). The van der Waals surface area contributed by atoms with Crippen LogP contribution in [0.25, 0.3) is 0 Å². The largest absolute Gasteiger partial charge is 0.344 e. The molecule has 0 bridgehead atoms. The molecule has 0 aliphatic rings. The Kier molecular flexibility index (Phi) is 16.6. The summed E-state index contributed by atoms with van der Waals surface area (Å²) in [4.78, 5) is 0.0124.